The minimum Gasteiger partial charge on any atom is -0.454 e. The predicted molar refractivity (Wildman–Crippen MR) is 76.1 cm³/mol. The number of ether oxygens (including phenoxy) is 1. The lowest BCUT2D eigenvalue weighted by Crippen LogP contribution is -2.02. The molecular formula is C13H12BrClN2O. The molecule has 94 valence electrons. The van der Waals surface area contributed by atoms with Crippen molar-refractivity contribution < 1.29 is 4.74 Å². The third kappa shape index (κ3) is 3.02. The summed E-state index contributed by atoms with van der Waals surface area (Å²) in [4.78, 5) is 4.20. The first-order valence-corrected chi connectivity index (χ1v) is 6.55. The van der Waals surface area contributed by atoms with Crippen LogP contribution in [0.2, 0.25) is 5.02 Å². The molecule has 2 N–H and O–H groups in total. The number of aromatic nitrogens is 1. The number of aryl methyl sites for hydroxylation is 1. The van der Waals surface area contributed by atoms with Gasteiger partial charge >= 0.3 is 0 Å². The van der Waals surface area contributed by atoms with Gasteiger partial charge in [0.2, 0.25) is 0 Å². The van der Waals surface area contributed by atoms with E-state index in [0.29, 0.717) is 28.8 Å². The summed E-state index contributed by atoms with van der Waals surface area (Å²) in [7, 11) is 0. The van der Waals surface area contributed by atoms with Gasteiger partial charge in [-0.25, -0.2) is 0 Å². The van der Waals surface area contributed by atoms with Gasteiger partial charge in [-0.3, -0.25) is 4.98 Å². The van der Waals surface area contributed by atoms with Gasteiger partial charge < -0.3 is 10.5 Å². The van der Waals surface area contributed by atoms with E-state index in [1.807, 2.05) is 31.2 Å². The second kappa shape index (κ2) is 5.69. The Labute approximate surface area is 119 Å². The summed E-state index contributed by atoms with van der Waals surface area (Å²) in [6.07, 6.45) is 1.69. The molecule has 1 heterocycles. The summed E-state index contributed by atoms with van der Waals surface area (Å²) in [6, 6.07) is 7.45. The first-order chi connectivity index (χ1) is 8.60. The highest BCUT2D eigenvalue weighted by molar-refractivity contribution is 9.10. The molecule has 0 fully saturated rings. The monoisotopic (exact) mass is 326 g/mol. The maximum absolute atomic E-state index is 6.13. The first-order valence-electron chi connectivity index (χ1n) is 5.38. The molecule has 5 heteroatoms. The Morgan fingerprint density at radius 3 is 2.78 bits per heavy atom. The van der Waals surface area contributed by atoms with Crippen molar-refractivity contribution in [3.8, 4) is 11.5 Å². The highest BCUT2D eigenvalue weighted by atomic mass is 79.9. The highest BCUT2D eigenvalue weighted by Crippen LogP contribution is 2.32. The molecule has 0 bridgehead atoms. The zero-order valence-corrected chi connectivity index (χ0v) is 12.1. The van der Waals surface area contributed by atoms with Crippen LogP contribution in [0.1, 0.15) is 11.3 Å². The van der Waals surface area contributed by atoms with Gasteiger partial charge in [-0.2, -0.15) is 0 Å². The summed E-state index contributed by atoms with van der Waals surface area (Å²) in [6.45, 7) is 2.29. The SMILES string of the molecule is Cc1ccc(Oc2cc(Br)cnc2CN)c(Cl)c1. The van der Waals surface area contributed by atoms with E-state index >= 15 is 0 Å². The summed E-state index contributed by atoms with van der Waals surface area (Å²) in [5.41, 5.74) is 7.40. The lowest BCUT2D eigenvalue weighted by atomic mass is 10.2. The van der Waals surface area contributed by atoms with Gasteiger partial charge in [0.1, 0.15) is 5.75 Å². The standard InChI is InChI=1S/C13H12BrClN2O/c1-8-2-3-12(10(15)4-8)18-13-5-9(14)7-17-11(13)6-16/h2-5,7H,6,16H2,1H3. The van der Waals surface area contributed by atoms with E-state index in [0.717, 1.165) is 10.0 Å². The Balaban J connectivity index is 2.36. The van der Waals surface area contributed by atoms with Crippen LogP contribution in [0.25, 0.3) is 0 Å². The number of benzene rings is 1. The second-order valence-electron chi connectivity index (χ2n) is 3.84. The van der Waals surface area contributed by atoms with Crippen molar-refractivity contribution in [1.82, 2.24) is 4.98 Å². The van der Waals surface area contributed by atoms with Crippen LogP contribution in [0, 0.1) is 6.92 Å². The quantitative estimate of drug-likeness (QED) is 0.925. The Morgan fingerprint density at radius 2 is 2.11 bits per heavy atom. The fourth-order valence-electron chi connectivity index (χ4n) is 1.50. The number of nitrogens with two attached hydrogens (primary N) is 1. The number of rotatable bonds is 3. The highest BCUT2D eigenvalue weighted by Gasteiger charge is 2.09. The van der Waals surface area contributed by atoms with Crippen molar-refractivity contribution >= 4 is 27.5 Å². The van der Waals surface area contributed by atoms with Crippen molar-refractivity contribution in [2.24, 2.45) is 5.73 Å². The molecule has 2 aromatic rings. The fourth-order valence-corrected chi connectivity index (χ4v) is 2.08. The van der Waals surface area contributed by atoms with Crippen LogP contribution >= 0.6 is 27.5 Å². The summed E-state index contributed by atoms with van der Waals surface area (Å²) in [5.74, 6) is 1.20. The number of halogens is 2. The maximum atomic E-state index is 6.13. The molecular weight excluding hydrogens is 316 g/mol. The molecule has 18 heavy (non-hydrogen) atoms. The molecule has 0 amide bonds. The van der Waals surface area contributed by atoms with E-state index in [-0.39, 0.29) is 0 Å². The van der Waals surface area contributed by atoms with Gasteiger partial charge in [0.05, 0.1) is 10.7 Å². The number of hydrogen-bond acceptors (Lipinski definition) is 3. The Hall–Kier alpha value is -1.10. The van der Waals surface area contributed by atoms with Crippen molar-refractivity contribution in [3.63, 3.8) is 0 Å². The molecule has 0 aliphatic carbocycles. The number of pyridine rings is 1. The average molecular weight is 328 g/mol. The van der Waals surface area contributed by atoms with Crippen LogP contribution in [0.4, 0.5) is 0 Å². The van der Waals surface area contributed by atoms with Gasteiger partial charge in [0, 0.05) is 17.2 Å². The van der Waals surface area contributed by atoms with Crippen LogP contribution in [0.3, 0.4) is 0 Å². The molecule has 0 aliphatic heterocycles. The molecule has 2 rings (SSSR count). The molecule has 0 unspecified atom stereocenters. The molecule has 1 aromatic carbocycles. The molecule has 3 nitrogen and oxygen atoms in total. The zero-order valence-electron chi connectivity index (χ0n) is 9.78. The topological polar surface area (TPSA) is 48.1 Å². The Bertz CT molecular complexity index is 575. The molecule has 1 aromatic heterocycles. The van der Waals surface area contributed by atoms with Crippen LogP contribution in [0.15, 0.2) is 34.9 Å². The molecule has 0 saturated heterocycles. The van der Waals surface area contributed by atoms with E-state index in [2.05, 4.69) is 20.9 Å². The summed E-state index contributed by atoms with van der Waals surface area (Å²) in [5, 5.41) is 0.568. The molecule has 0 atom stereocenters. The normalized spacial score (nSPS) is 10.4. The lowest BCUT2D eigenvalue weighted by Gasteiger charge is -2.11. The van der Waals surface area contributed by atoms with Crippen LogP contribution in [-0.2, 0) is 6.54 Å². The Kier molecular flexibility index (Phi) is 4.22. The summed E-state index contributed by atoms with van der Waals surface area (Å²) < 4.78 is 6.59. The molecule has 0 spiro atoms. The van der Waals surface area contributed by atoms with E-state index < -0.39 is 0 Å². The van der Waals surface area contributed by atoms with Gasteiger partial charge in [-0.05, 0) is 46.6 Å². The maximum Gasteiger partial charge on any atom is 0.151 e. The Morgan fingerprint density at radius 1 is 1.33 bits per heavy atom. The molecule has 0 aliphatic rings. The van der Waals surface area contributed by atoms with Crippen molar-refractivity contribution in [1.29, 1.82) is 0 Å². The zero-order chi connectivity index (χ0) is 13.1. The molecule has 0 radical (unpaired) electrons. The van der Waals surface area contributed by atoms with E-state index in [1.165, 1.54) is 0 Å². The number of hydrogen-bond donors (Lipinski definition) is 1. The largest absolute Gasteiger partial charge is 0.454 e. The van der Waals surface area contributed by atoms with Crippen molar-refractivity contribution in [2.45, 2.75) is 13.5 Å². The van der Waals surface area contributed by atoms with E-state index in [1.54, 1.807) is 6.20 Å². The van der Waals surface area contributed by atoms with E-state index in [4.69, 9.17) is 22.1 Å². The van der Waals surface area contributed by atoms with Crippen molar-refractivity contribution in [3.05, 3.63) is 51.2 Å². The van der Waals surface area contributed by atoms with Crippen LogP contribution < -0.4 is 10.5 Å². The fraction of sp³-hybridized carbons (Fsp3) is 0.154. The van der Waals surface area contributed by atoms with Gasteiger partial charge in [0.25, 0.3) is 0 Å². The third-order valence-corrected chi connectivity index (χ3v) is 3.13. The second-order valence-corrected chi connectivity index (χ2v) is 5.16. The average Bonchev–Trinajstić information content (AvgIpc) is 2.33. The van der Waals surface area contributed by atoms with Crippen molar-refractivity contribution in [2.75, 3.05) is 0 Å². The lowest BCUT2D eigenvalue weighted by molar-refractivity contribution is 0.472. The van der Waals surface area contributed by atoms with Gasteiger partial charge in [0.15, 0.2) is 5.75 Å². The van der Waals surface area contributed by atoms with E-state index in [9.17, 15) is 0 Å². The van der Waals surface area contributed by atoms with Crippen LogP contribution in [0.5, 0.6) is 11.5 Å². The predicted octanol–water partition coefficient (Wildman–Crippen LogP) is 4.06. The van der Waals surface area contributed by atoms with Crippen LogP contribution in [-0.4, -0.2) is 4.98 Å². The van der Waals surface area contributed by atoms with Gasteiger partial charge in [-0.1, -0.05) is 17.7 Å². The smallest absolute Gasteiger partial charge is 0.151 e. The first kappa shape index (κ1) is 13.3. The van der Waals surface area contributed by atoms with Gasteiger partial charge in [-0.15, -0.1) is 0 Å². The number of nitrogens with zero attached hydrogens (tertiary/aromatic N) is 1. The molecule has 0 saturated carbocycles. The third-order valence-electron chi connectivity index (χ3n) is 2.40. The minimum absolute atomic E-state index is 0.312. The minimum atomic E-state index is 0.312. The summed E-state index contributed by atoms with van der Waals surface area (Å²) >= 11 is 9.48.